The Kier molecular flexibility index (Phi) is 5.19. The monoisotopic (exact) mass is 421 g/mol. The summed E-state index contributed by atoms with van der Waals surface area (Å²) in [5.74, 6) is 3.13. The maximum absolute atomic E-state index is 12.6. The predicted molar refractivity (Wildman–Crippen MR) is 111 cm³/mol. The smallest absolute Gasteiger partial charge is 0.232 e. The van der Waals surface area contributed by atoms with E-state index in [0.29, 0.717) is 49.3 Å². The van der Waals surface area contributed by atoms with Crippen molar-refractivity contribution in [2.24, 2.45) is 0 Å². The van der Waals surface area contributed by atoms with Crippen LogP contribution in [0.15, 0.2) is 47.0 Å². The molecule has 0 aliphatic carbocycles. The molecule has 8 heteroatoms. The summed E-state index contributed by atoms with van der Waals surface area (Å²) < 4.78 is 21.9. The molecule has 3 aromatic rings. The van der Waals surface area contributed by atoms with Crippen molar-refractivity contribution in [1.29, 1.82) is 0 Å². The van der Waals surface area contributed by atoms with Gasteiger partial charge in [0.1, 0.15) is 5.75 Å². The third kappa shape index (κ3) is 4.05. The second-order valence-electron chi connectivity index (χ2n) is 7.69. The minimum Gasteiger partial charge on any atom is -0.494 e. The van der Waals surface area contributed by atoms with E-state index < -0.39 is 0 Å². The standard InChI is InChI=1S/C23H23N3O5/c1-2-9-28-18-6-3-15(4-7-18)12-26-13-17(11-21(26)27)23-24-22(25-31-23)16-5-8-19-20(10-16)30-14-29-19/h3-8,10,17H,2,9,11-14H2,1H3. The molecule has 5 rings (SSSR count). The highest BCUT2D eigenvalue weighted by Gasteiger charge is 2.34. The fourth-order valence-corrected chi connectivity index (χ4v) is 3.78. The third-order valence-electron chi connectivity index (χ3n) is 5.41. The number of likely N-dealkylation sites (tertiary alicyclic amines) is 1. The van der Waals surface area contributed by atoms with E-state index in [0.717, 1.165) is 23.3 Å². The number of hydrogen-bond donors (Lipinski definition) is 0. The maximum atomic E-state index is 12.6. The van der Waals surface area contributed by atoms with E-state index >= 15 is 0 Å². The molecule has 1 fully saturated rings. The van der Waals surface area contributed by atoms with Crippen molar-refractivity contribution in [1.82, 2.24) is 15.0 Å². The maximum Gasteiger partial charge on any atom is 0.232 e. The third-order valence-corrected chi connectivity index (χ3v) is 5.41. The van der Waals surface area contributed by atoms with Crippen LogP contribution in [-0.2, 0) is 11.3 Å². The fourth-order valence-electron chi connectivity index (χ4n) is 3.78. The molecule has 2 aliphatic heterocycles. The highest BCUT2D eigenvalue weighted by molar-refractivity contribution is 5.79. The first-order chi connectivity index (χ1) is 15.2. The van der Waals surface area contributed by atoms with Crippen LogP contribution in [0.4, 0.5) is 0 Å². The molecule has 0 spiro atoms. The zero-order chi connectivity index (χ0) is 21.2. The Bertz CT molecular complexity index is 1080. The summed E-state index contributed by atoms with van der Waals surface area (Å²) in [6, 6.07) is 13.4. The van der Waals surface area contributed by atoms with Crippen molar-refractivity contribution < 1.29 is 23.5 Å². The van der Waals surface area contributed by atoms with Gasteiger partial charge < -0.3 is 23.6 Å². The van der Waals surface area contributed by atoms with Crippen LogP contribution in [0.5, 0.6) is 17.2 Å². The average molecular weight is 421 g/mol. The molecule has 1 amide bonds. The van der Waals surface area contributed by atoms with E-state index in [1.807, 2.05) is 47.4 Å². The number of rotatable bonds is 7. The molecule has 0 radical (unpaired) electrons. The van der Waals surface area contributed by atoms with Gasteiger partial charge in [-0.25, -0.2) is 0 Å². The highest BCUT2D eigenvalue weighted by Crippen LogP contribution is 2.36. The molecule has 1 saturated heterocycles. The van der Waals surface area contributed by atoms with E-state index in [2.05, 4.69) is 17.1 Å². The van der Waals surface area contributed by atoms with Gasteiger partial charge in [0.15, 0.2) is 11.5 Å². The molecule has 0 saturated carbocycles. The summed E-state index contributed by atoms with van der Waals surface area (Å²) >= 11 is 0. The summed E-state index contributed by atoms with van der Waals surface area (Å²) in [5, 5.41) is 4.10. The van der Waals surface area contributed by atoms with Crippen molar-refractivity contribution in [3.63, 3.8) is 0 Å². The first kappa shape index (κ1) is 19.4. The summed E-state index contributed by atoms with van der Waals surface area (Å²) in [4.78, 5) is 18.9. The van der Waals surface area contributed by atoms with Crippen molar-refractivity contribution in [2.75, 3.05) is 19.9 Å². The van der Waals surface area contributed by atoms with Crippen LogP contribution in [0.2, 0.25) is 0 Å². The second-order valence-corrected chi connectivity index (χ2v) is 7.69. The Morgan fingerprint density at radius 1 is 1.13 bits per heavy atom. The first-order valence-electron chi connectivity index (χ1n) is 10.4. The number of nitrogens with zero attached hydrogens (tertiary/aromatic N) is 3. The number of benzene rings is 2. The normalized spacial score (nSPS) is 17.4. The number of carbonyl (C=O) groups excluding carboxylic acids is 1. The Labute approximate surface area is 179 Å². The molecular weight excluding hydrogens is 398 g/mol. The van der Waals surface area contributed by atoms with Gasteiger partial charge in [0.05, 0.1) is 12.5 Å². The molecule has 0 N–H and O–H groups in total. The average Bonchev–Trinajstić information content (AvgIpc) is 3.53. The molecule has 2 aliphatic rings. The van der Waals surface area contributed by atoms with Crippen molar-refractivity contribution in [3.8, 4) is 28.6 Å². The lowest BCUT2D eigenvalue weighted by atomic mass is 10.1. The van der Waals surface area contributed by atoms with Crippen LogP contribution in [0.3, 0.4) is 0 Å². The van der Waals surface area contributed by atoms with Gasteiger partial charge in [0.25, 0.3) is 0 Å². The number of amides is 1. The Morgan fingerprint density at radius 3 is 2.81 bits per heavy atom. The molecule has 31 heavy (non-hydrogen) atoms. The number of carbonyl (C=O) groups is 1. The van der Waals surface area contributed by atoms with Gasteiger partial charge in [-0.15, -0.1) is 0 Å². The lowest BCUT2D eigenvalue weighted by Gasteiger charge is -2.16. The van der Waals surface area contributed by atoms with Crippen LogP contribution < -0.4 is 14.2 Å². The summed E-state index contributed by atoms with van der Waals surface area (Å²) in [7, 11) is 0. The molecular formula is C23H23N3O5. The van der Waals surface area contributed by atoms with Gasteiger partial charge in [-0.2, -0.15) is 4.98 Å². The Hall–Kier alpha value is -3.55. The van der Waals surface area contributed by atoms with E-state index in [9.17, 15) is 4.79 Å². The molecule has 3 heterocycles. The van der Waals surface area contributed by atoms with Crippen LogP contribution >= 0.6 is 0 Å². The zero-order valence-corrected chi connectivity index (χ0v) is 17.2. The summed E-state index contributed by atoms with van der Waals surface area (Å²) in [6.07, 6.45) is 1.33. The first-order valence-corrected chi connectivity index (χ1v) is 10.4. The Balaban J connectivity index is 1.24. The minimum absolute atomic E-state index is 0.0825. The topological polar surface area (TPSA) is 86.9 Å². The molecule has 2 aromatic carbocycles. The van der Waals surface area contributed by atoms with Crippen LogP contribution in [-0.4, -0.2) is 40.9 Å². The molecule has 1 aromatic heterocycles. The van der Waals surface area contributed by atoms with E-state index in [4.69, 9.17) is 18.7 Å². The van der Waals surface area contributed by atoms with Crippen LogP contribution in [0.25, 0.3) is 11.4 Å². The lowest BCUT2D eigenvalue weighted by molar-refractivity contribution is -0.128. The molecule has 0 bridgehead atoms. The van der Waals surface area contributed by atoms with E-state index in [1.165, 1.54) is 0 Å². The highest BCUT2D eigenvalue weighted by atomic mass is 16.7. The van der Waals surface area contributed by atoms with Gasteiger partial charge in [-0.3, -0.25) is 4.79 Å². The van der Waals surface area contributed by atoms with E-state index in [-0.39, 0.29) is 18.6 Å². The zero-order valence-electron chi connectivity index (χ0n) is 17.2. The van der Waals surface area contributed by atoms with Crippen LogP contribution in [0, 0.1) is 0 Å². The summed E-state index contributed by atoms with van der Waals surface area (Å²) in [5.41, 5.74) is 1.84. The number of fused-ring (bicyclic) bond motifs is 1. The largest absolute Gasteiger partial charge is 0.494 e. The van der Waals surface area contributed by atoms with Gasteiger partial charge in [0, 0.05) is 25.1 Å². The summed E-state index contributed by atoms with van der Waals surface area (Å²) in [6.45, 7) is 4.09. The number of ether oxygens (including phenoxy) is 3. The SMILES string of the molecule is CCCOc1ccc(CN2CC(c3nc(-c4ccc5c(c4)OCO5)no3)CC2=O)cc1. The van der Waals surface area contributed by atoms with Crippen LogP contribution in [0.1, 0.15) is 37.1 Å². The number of hydrogen-bond acceptors (Lipinski definition) is 7. The lowest BCUT2D eigenvalue weighted by Crippen LogP contribution is -2.24. The van der Waals surface area contributed by atoms with Gasteiger partial charge in [-0.1, -0.05) is 24.2 Å². The van der Waals surface area contributed by atoms with E-state index in [1.54, 1.807) is 0 Å². The van der Waals surface area contributed by atoms with Crippen molar-refractivity contribution in [3.05, 3.63) is 53.9 Å². The van der Waals surface area contributed by atoms with Crippen molar-refractivity contribution >= 4 is 5.91 Å². The minimum atomic E-state index is -0.116. The molecule has 160 valence electrons. The molecule has 8 nitrogen and oxygen atoms in total. The predicted octanol–water partition coefficient (Wildman–Crippen LogP) is 3.77. The quantitative estimate of drug-likeness (QED) is 0.574. The van der Waals surface area contributed by atoms with Gasteiger partial charge in [-0.05, 0) is 42.3 Å². The molecule has 1 unspecified atom stereocenters. The second kappa shape index (κ2) is 8.29. The van der Waals surface area contributed by atoms with Crippen molar-refractivity contribution in [2.45, 2.75) is 32.2 Å². The Morgan fingerprint density at radius 2 is 1.97 bits per heavy atom. The molecule has 1 atom stereocenters. The number of aromatic nitrogens is 2. The van der Waals surface area contributed by atoms with Gasteiger partial charge in [0.2, 0.25) is 24.4 Å². The van der Waals surface area contributed by atoms with Gasteiger partial charge >= 0.3 is 0 Å². The fraction of sp³-hybridized carbons (Fsp3) is 0.348.